The maximum Gasteiger partial charge on any atom is 0.344 e. The van der Waals surface area contributed by atoms with Gasteiger partial charge in [0.2, 0.25) is 0 Å². The molecule has 2 N–H and O–H groups in total. The van der Waals surface area contributed by atoms with Gasteiger partial charge < -0.3 is 23.8 Å². The van der Waals surface area contributed by atoms with E-state index in [2.05, 4.69) is 0 Å². The summed E-state index contributed by atoms with van der Waals surface area (Å²) in [4.78, 5) is 37.7. The van der Waals surface area contributed by atoms with Crippen LogP contribution in [0.3, 0.4) is 0 Å². The first-order chi connectivity index (χ1) is 16.6. The zero-order valence-electron chi connectivity index (χ0n) is 20.7. The highest BCUT2D eigenvalue weighted by atomic mass is 16.4. The van der Waals surface area contributed by atoms with Crippen LogP contribution in [0.5, 0.6) is 11.5 Å². The van der Waals surface area contributed by atoms with Gasteiger partial charge in [0.1, 0.15) is 29.0 Å². The first-order valence-electron chi connectivity index (χ1n) is 11.7. The van der Waals surface area contributed by atoms with Crippen molar-refractivity contribution in [2.75, 3.05) is 0 Å². The predicted octanol–water partition coefficient (Wildman–Crippen LogP) is 5.91. The van der Waals surface area contributed by atoms with Crippen LogP contribution >= 0.6 is 0 Å². The number of rotatable bonds is 5. The summed E-state index contributed by atoms with van der Waals surface area (Å²) in [6.45, 7) is 11.9. The Morgan fingerprint density at radius 1 is 0.714 bits per heavy atom. The van der Waals surface area contributed by atoms with Gasteiger partial charge in [0.05, 0.1) is 27.8 Å². The topological polar surface area (TPSA) is 118 Å². The summed E-state index contributed by atoms with van der Waals surface area (Å²) in [6, 6.07) is 10.0. The molecule has 4 aromatic rings. The van der Waals surface area contributed by atoms with Crippen molar-refractivity contribution < 1.29 is 23.8 Å². The fraction of sp³-hybridized carbons (Fsp3) is 0.321. The average molecular weight is 479 g/mol. The smallest absolute Gasteiger partial charge is 0.344 e. The molecule has 0 saturated heterocycles. The van der Waals surface area contributed by atoms with Gasteiger partial charge in [-0.05, 0) is 47.2 Å². The highest BCUT2D eigenvalue weighted by molar-refractivity contribution is 5.90. The molecule has 0 fully saturated rings. The molecular weight excluding hydrogens is 448 g/mol. The fourth-order valence-electron chi connectivity index (χ4n) is 3.98. The number of hydrogen-bond acceptors (Lipinski definition) is 7. The summed E-state index contributed by atoms with van der Waals surface area (Å²) in [6.07, 6.45) is 0.314. The minimum Gasteiger partial charge on any atom is -0.507 e. The third-order valence-electron chi connectivity index (χ3n) is 5.96. The summed E-state index contributed by atoms with van der Waals surface area (Å²) in [5, 5.41) is 22.4. The van der Waals surface area contributed by atoms with Crippen LogP contribution in [0, 0.1) is 0 Å². The van der Waals surface area contributed by atoms with E-state index in [9.17, 15) is 24.6 Å². The van der Waals surface area contributed by atoms with E-state index in [1.165, 1.54) is 0 Å². The lowest BCUT2D eigenvalue weighted by molar-refractivity contribution is -0.108. The Kier molecular flexibility index (Phi) is 7.48. The van der Waals surface area contributed by atoms with E-state index in [1.54, 1.807) is 36.4 Å². The van der Waals surface area contributed by atoms with Gasteiger partial charge in [0, 0.05) is 0 Å². The van der Waals surface area contributed by atoms with Crippen LogP contribution in [0.1, 0.15) is 81.5 Å². The average Bonchev–Trinajstić information content (AvgIpc) is 2.83. The Hall–Kier alpha value is -3.87. The molecule has 0 saturated carbocycles. The highest BCUT2D eigenvalue weighted by Gasteiger charge is 2.31. The van der Waals surface area contributed by atoms with E-state index in [0.717, 1.165) is 11.1 Å². The molecule has 2 aromatic carbocycles. The highest BCUT2D eigenvalue weighted by Crippen LogP contribution is 2.38. The van der Waals surface area contributed by atoms with Crippen molar-refractivity contribution in [2.24, 2.45) is 0 Å². The van der Waals surface area contributed by atoms with Gasteiger partial charge in [0.25, 0.3) is 0 Å². The van der Waals surface area contributed by atoms with Gasteiger partial charge in [-0.25, -0.2) is 9.59 Å². The van der Waals surface area contributed by atoms with E-state index in [4.69, 9.17) is 8.83 Å². The maximum absolute atomic E-state index is 12.8. The fourth-order valence-corrected chi connectivity index (χ4v) is 3.98. The Morgan fingerprint density at radius 3 is 1.40 bits per heavy atom. The van der Waals surface area contributed by atoms with Crippen LogP contribution < -0.4 is 11.3 Å². The summed E-state index contributed by atoms with van der Waals surface area (Å²) < 4.78 is 10.7. The molecule has 0 unspecified atom stereocenters. The van der Waals surface area contributed by atoms with E-state index >= 15 is 0 Å². The van der Waals surface area contributed by atoms with Crippen LogP contribution in [0.25, 0.3) is 21.9 Å². The van der Waals surface area contributed by atoms with Crippen molar-refractivity contribution in [1.29, 1.82) is 0 Å². The predicted molar refractivity (Wildman–Crippen MR) is 136 cm³/mol. The third-order valence-corrected chi connectivity index (χ3v) is 5.96. The number of aldehydes is 1. The van der Waals surface area contributed by atoms with E-state index < -0.39 is 39.8 Å². The first kappa shape index (κ1) is 25.7. The second-order valence-corrected chi connectivity index (χ2v) is 8.74. The van der Waals surface area contributed by atoms with E-state index in [1.807, 2.05) is 41.5 Å². The normalized spacial score (nSPS) is 11.3. The number of carbonyl (C=O) groups is 1. The number of fused-ring (bicyclic) bond motifs is 2. The minimum absolute atomic E-state index is 0.137. The molecule has 4 rings (SSSR count). The van der Waals surface area contributed by atoms with Gasteiger partial charge in [-0.3, -0.25) is 0 Å². The molecule has 0 aliphatic rings. The molecule has 2 heterocycles. The van der Waals surface area contributed by atoms with Crippen molar-refractivity contribution in [3.05, 3.63) is 79.5 Å². The third kappa shape index (κ3) is 4.58. The molecule has 0 bridgehead atoms. The summed E-state index contributed by atoms with van der Waals surface area (Å²) in [5.41, 5.74) is -0.767. The molecule has 0 aliphatic heterocycles. The standard InChI is InChI=1S/C26H24O7.C2H6/c1-12(2)14-5-7-19-16(9-14)23(28)21(25(30)32-19)18(11-27)22-24(29)17-10-15(13(3)4)6-8-20(17)33-26(22)31;1-2/h5-13,18,28-29H,1-4H3;1-2H3. The zero-order chi connectivity index (χ0) is 26.0. The second-order valence-electron chi connectivity index (χ2n) is 8.74. The number of aromatic hydroxyl groups is 2. The van der Waals surface area contributed by atoms with Crippen LogP contribution in [0.4, 0.5) is 0 Å². The monoisotopic (exact) mass is 478 g/mol. The quantitative estimate of drug-likeness (QED) is 0.270. The van der Waals surface area contributed by atoms with Gasteiger partial charge in [-0.2, -0.15) is 0 Å². The first-order valence-corrected chi connectivity index (χ1v) is 11.7. The number of hydrogen-bond donors (Lipinski definition) is 2. The van der Waals surface area contributed by atoms with Crippen molar-refractivity contribution >= 4 is 28.2 Å². The zero-order valence-corrected chi connectivity index (χ0v) is 20.7. The molecule has 7 heteroatoms. The van der Waals surface area contributed by atoms with E-state index in [0.29, 0.717) is 6.29 Å². The van der Waals surface area contributed by atoms with Crippen LogP contribution in [-0.4, -0.2) is 16.5 Å². The summed E-state index contributed by atoms with van der Waals surface area (Å²) in [7, 11) is 0. The lowest BCUT2D eigenvalue weighted by atomic mass is 9.90. The van der Waals surface area contributed by atoms with Crippen molar-refractivity contribution in [1.82, 2.24) is 0 Å². The molecule has 0 atom stereocenters. The molecule has 0 amide bonds. The molecular formula is C28H30O7. The summed E-state index contributed by atoms with van der Waals surface area (Å²) in [5.74, 6) is -2.27. The molecule has 35 heavy (non-hydrogen) atoms. The van der Waals surface area contributed by atoms with Gasteiger partial charge >= 0.3 is 11.3 Å². The van der Waals surface area contributed by atoms with Gasteiger partial charge in [-0.15, -0.1) is 0 Å². The van der Waals surface area contributed by atoms with Crippen molar-refractivity contribution in [3.63, 3.8) is 0 Å². The largest absolute Gasteiger partial charge is 0.507 e. The number of carbonyl (C=O) groups excluding carboxylic acids is 1. The molecule has 0 aliphatic carbocycles. The van der Waals surface area contributed by atoms with Crippen molar-refractivity contribution in [2.45, 2.75) is 59.3 Å². The Morgan fingerprint density at radius 2 is 1.09 bits per heavy atom. The van der Waals surface area contributed by atoms with Gasteiger partial charge in [0.15, 0.2) is 0 Å². The van der Waals surface area contributed by atoms with Crippen LogP contribution in [-0.2, 0) is 4.79 Å². The molecule has 0 spiro atoms. The lowest BCUT2D eigenvalue weighted by Crippen LogP contribution is -2.21. The van der Waals surface area contributed by atoms with Crippen molar-refractivity contribution in [3.8, 4) is 11.5 Å². The van der Waals surface area contributed by atoms with E-state index in [-0.39, 0.29) is 33.8 Å². The SMILES string of the molecule is CC.CC(C)c1ccc2oc(=O)c(C(C=O)c3c(O)c4cc(C(C)C)ccc4oc3=O)c(O)c2c1. The van der Waals surface area contributed by atoms with Gasteiger partial charge in [-0.1, -0.05) is 53.7 Å². The summed E-state index contributed by atoms with van der Waals surface area (Å²) >= 11 is 0. The Bertz CT molecular complexity index is 1400. The molecule has 184 valence electrons. The molecule has 2 aromatic heterocycles. The minimum atomic E-state index is -1.59. The Balaban J connectivity index is 0.00000167. The molecule has 7 nitrogen and oxygen atoms in total. The number of benzene rings is 2. The van der Waals surface area contributed by atoms with Crippen LogP contribution in [0.15, 0.2) is 54.8 Å². The second kappa shape index (κ2) is 10.2. The van der Waals surface area contributed by atoms with Crippen LogP contribution in [0.2, 0.25) is 0 Å². The maximum atomic E-state index is 12.8. The molecule has 0 radical (unpaired) electrons. The Labute approximate surface area is 202 Å². The lowest BCUT2D eigenvalue weighted by Gasteiger charge is -2.15.